The molecule has 2 N–H and O–H groups in total. The van der Waals surface area contributed by atoms with Crippen molar-refractivity contribution in [2.75, 3.05) is 5.73 Å². The number of hydrogen-bond donors (Lipinski definition) is 1. The monoisotopic (exact) mass is 282 g/mol. The van der Waals surface area contributed by atoms with E-state index in [9.17, 15) is 10.1 Å². The largest absolute Gasteiger partial charge is 0.378 e. The summed E-state index contributed by atoms with van der Waals surface area (Å²) in [7, 11) is 0. The van der Waals surface area contributed by atoms with Crippen LogP contribution in [-0.4, -0.2) is 14.9 Å². The second-order valence-electron chi connectivity index (χ2n) is 3.20. The van der Waals surface area contributed by atoms with E-state index in [1.807, 2.05) is 0 Å². The Kier molecular flexibility index (Phi) is 3.63. The molecule has 6 nitrogen and oxygen atoms in total. The number of halogens is 1. The van der Waals surface area contributed by atoms with Gasteiger partial charge in [-0.25, -0.2) is 9.97 Å². The molecule has 0 aliphatic heterocycles. The molecular weight excluding hydrogens is 276 g/mol. The van der Waals surface area contributed by atoms with Gasteiger partial charge in [0.2, 0.25) is 5.82 Å². The number of nitrogens with zero attached hydrogens (tertiary/aromatic N) is 3. The van der Waals surface area contributed by atoms with E-state index >= 15 is 0 Å². The molecule has 0 spiro atoms. The molecule has 0 saturated carbocycles. The van der Waals surface area contributed by atoms with Crippen LogP contribution in [0.15, 0.2) is 40.5 Å². The maximum Gasteiger partial charge on any atom is 0.343 e. The molecule has 0 bridgehead atoms. The molecule has 0 aliphatic rings. The Hall–Kier alpha value is -1.86. The summed E-state index contributed by atoms with van der Waals surface area (Å²) in [6.45, 7) is 0. The van der Waals surface area contributed by atoms with E-state index in [2.05, 4.69) is 9.97 Å². The maximum atomic E-state index is 10.9. The molecule has 0 radical (unpaired) electrons. The zero-order valence-corrected chi connectivity index (χ0v) is 10.5. The van der Waals surface area contributed by atoms with Gasteiger partial charge in [-0.15, -0.1) is 0 Å². The van der Waals surface area contributed by atoms with Crippen LogP contribution in [0.2, 0.25) is 5.02 Å². The summed E-state index contributed by atoms with van der Waals surface area (Å²) in [5.74, 6) is -0.162. The van der Waals surface area contributed by atoms with Crippen LogP contribution in [0.4, 0.5) is 11.5 Å². The number of nitro groups is 1. The number of nitrogen functional groups attached to an aromatic ring is 1. The van der Waals surface area contributed by atoms with Crippen molar-refractivity contribution < 1.29 is 4.92 Å². The number of nitrogens with two attached hydrogens (primary N) is 1. The summed E-state index contributed by atoms with van der Waals surface area (Å²) >= 11 is 7.06. The van der Waals surface area contributed by atoms with Crippen molar-refractivity contribution in [3.8, 4) is 0 Å². The first-order valence-corrected chi connectivity index (χ1v) is 5.96. The van der Waals surface area contributed by atoms with Crippen molar-refractivity contribution in [3.05, 3.63) is 45.7 Å². The molecule has 0 amide bonds. The first-order chi connectivity index (χ1) is 8.59. The standard InChI is InChI=1S/C10H7ClN4O2S/c11-6-3-1-2-4-7(6)18-10-8(15(16)17)9(12)13-5-14-10/h1-5H,(H2,12,13,14). The average Bonchev–Trinajstić information content (AvgIpc) is 2.31. The van der Waals surface area contributed by atoms with E-state index < -0.39 is 4.92 Å². The van der Waals surface area contributed by atoms with E-state index in [0.717, 1.165) is 11.8 Å². The average molecular weight is 283 g/mol. The second-order valence-corrected chi connectivity index (χ2v) is 4.64. The van der Waals surface area contributed by atoms with Crippen molar-refractivity contribution in [1.29, 1.82) is 0 Å². The molecule has 2 aromatic rings. The Balaban J connectivity index is 2.44. The highest BCUT2D eigenvalue weighted by atomic mass is 35.5. The summed E-state index contributed by atoms with van der Waals surface area (Å²) in [4.78, 5) is 18.5. The minimum atomic E-state index is -0.603. The van der Waals surface area contributed by atoms with Crippen LogP contribution >= 0.6 is 23.4 Å². The highest BCUT2D eigenvalue weighted by Gasteiger charge is 2.22. The fourth-order valence-electron chi connectivity index (χ4n) is 1.25. The van der Waals surface area contributed by atoms with Crippen molar-refractivity contribution in [2.24, 2.45) is 0 Å². The maximum absolute atomic E-state index is 10.9. The smallest absolute Gasteiger partial charge is 0.343 e. The van der Waals surface area contributed by atoms with E-state index in [0.29, 0.717) is 9.92 Å². The molecule has 1 heterocycles. The first kappa shape index (κ1) is 12.6. The fourth-order valence-corrected chi connectivity index (χ4v) is 2.40. The Morgan fingerprint density at radius 2 is 2.06 bits per heavy atom. The van der Waals surface area contributed by atoms with Gasteiger partial charge in [-0.2, -0.15) is 0 Å². The molecule has 2 rings (SSSR count). The lowest BCUT2D eigenvalue weighted by Crippen LogP contribution is -2.01. The molecule has 0 fully saturated rings. The molecule has 0 unspecified atom stereocenters. The summed E-state index contributed by atoms with van der Waals surface area (Å²) in [6.07, 6.45) is 1.18. The van der Waals surface area contributed by atoms with Gasteiger partial charge in [0.15, 0.2) is 5.03 Å². The highest BCUT2D eigenvalue weighted by Crippen LogP contribution is 2.38. The van der Waals surface area contributed by atoms with Crippen LogP contribution < -0.4 is 5.73 Å². The van der Waals surface area contributed by atoms with Crippen molar-refractivity contribution in [2.45, 2.75) is 9.92 Å². The third-order valence-corrected chi connectivity index (χ3v) is 3.55. The third kappa shape index (κ3) is 2.52. The summed E-state index contributed by atoms with van der Waals surface area (Å²) in [5.41, 5.74) is 5.17. The zero-order chi connectivity index (χ0) is 13.1. The summed E-state index contributed by atoms with van der Waals surface area (Å²) in [5, 5.41) is 11.6. The van der Waals surface area contributed by atoms with Gasteiger partial charge in [0.05, 0.1) is 9.95 Å². The fraction of sp³-hybridized carbons (Fsp3) is 0. The van der Waals surface area contributed by atoms with E-state index in [1.54, 1.807) is 24.3 Å². The van der Waals surface area contributed by atoms with Gasteiger partial charge >= 0.3 is 5.69 Å². The third-order valence-electron chi connectivity index (χ3n) is 2.04. The van der Waals surface area contributed by atoms with Gasteiger partial charge < -0.3 is 5.73 Å². The Bertz CT molecular complexity index is 608. The van der Waals surface area contributed by atoms with Gasteiger partial charge in [0.1, 0.15) is 6.33 Å². The van der Waals surface area contributed by atoms with Gasteiger partial charge in [-0.3, -0.25) is 10.1 Å². The minimum absolute atomic E-state index is 0.162. The molecule has 1 aromatic heterocycles. The quantitative estimate of drug-likeness (QED) is 0.528. The summed E-state index contributed by atoms with van der Waals surface area (Å²) in [6, 6.07) is 7.00. The lowest BCUT2D eigenvalue weighted by atomic mass is 10.4. The topological polar surface area (TPSA) is 94.9 Å². The number of benzene rings is 1. The van der Waals surface area contributed by atoms with Gasteiger partial charge in [0.25, 0.3) is 0 Å². The van der Waals surface area contributed by atoms with Crippen LogP contribution in [0.1, 0.15) is 0 Å². The summed E-state index contributed by atoms with van der Waals surface area (Å²) < 4.78 is 0. The molecule has 0 atom stereocenters. The number of rotatable bonds is 3. The van der Waals surface area contributed by atoms with Crippen LogP contribution in [0.5, 0.6) is 0 Å². The number of hydrogen-bond acceptors (Lipinski definition) is 6. The van der Waals surface area contributed by atoms with Crippen molar-refractivity contribution >= 4 is 34.9 Å². The van der Waals surface area contributed by atoms with Crippen LogP contribution in [0.3, 0.4) is 0 Å². The van der Waals surface area contributed by atoms with Crippen LogP contribution in [0, 0.1) is 10.1 Å². The second kappa shape index (κ2) is 5.19. The van der Waals surface area contributed by atoms with Crippen molar-refractivity contribution in [1.82, 2.24) is 9.97 Å². The minimum Gasteiger partial charge on any atom is -0.378 e. The number of anilines is 1. The molecule has 18 heavy (non-hydrogen) atoms. The zero-order valence-electron chi connectivity index (χ0n) is 8.91. The molecular formula is C10H7ClN4O2S. The Morgan fingerprint density at radius 3 is 2.72 bits per heavy atom. The molecule has 0 saturated heterocycles. The van der Waals surface area contributed by atoms with E-state index in [-0.39, 0.29) is 16.5 Å². The van der Waals surface area contributed by atoms with Gasteiger partial charge in [-0.1, -0.05) is 35.5 Å². The SMILES string of the molecule is Nc1ncnc(Sc2ccccc2Cl)c1[N+](=O)[O-]. The molecule has 0 aliphatic carbocycles. The van der Waals surface area contributed by atoms with E-state index in [4.69, 9.17) is 17.3 Å². The lowest BCUT2D eigenvalue weighted by molar-refractivity contribution is -0.387. The predicted molar refractivity (Wildman–Crippen MR) is 68.7 cm³/mol. The molecule has 92 valence electrons. The Morgan fingerprint density at radius 1 is 1.33 bits per heavy atom. The molecule has 8 heteroatoms. The molecule has 1 aromatic carbocycles. The van der Waals surface area contributed by atoms with Crippen LogP contribution in [-0.2, 0) is 0 Å². The highest BCUT2D eigenvalue weighted by molar-refractivity contribution is 7.99. The lowest BCUT2D eigenvalue weighted by Gasteiger charge is -2.04. The predicted octanol–water partition coefficient (Wildman–Crippen LogP) is 2.77. The normalized spacial score (nSPS) is 10.3. The first-order valence-electron chi connectivity index (χ1n) is 4.77. The van der Waals surface area contributed by atoms with Gasteiger partial charge in [0, 0.05) is 4.90 Å². The Labute approximate surface area is 111 Å². The van der Waals surface area contributed by atoms with Crippen LogP contribution in [0.25, 0.3) is 0 Å². The van der Waals surface area contributed by atoms with Crippen molar-refractivity contribution in [3.63, 3.8) is 0 Å². The van der Waals surface area contributed by atoms with E-state index in [1.165, 1.54) is 6.33 Å². The van der Waals surface area contributed by atoms with Gasteiger partial charge in [-0.05, 0) is 12.1 Å². The number of aromatic nitrogens is 2.